The summed E-state index contributed by atoms with van der Waals surface area (Å²) in [6.07, 6.45) is 1.56. The number of nitriles is 1. The Balaban J connectivity index is 0.970. The summed E-state index contributed by atoms with van der Waals surface area (Å²) in [6, 6.07) is 33.8. The summed E-state index contributed by atoms with van der Waals surface area (Å²) in [5, 5.41) is 25.5. The lowest BCUT2D eigenvalue weighted by atomic mass is 10.0. The molecule has 15 nitrogen and oxygen atoms in total. The maximum atomic E-state index is 13.0. The molecule has 7 atom stereocenters. The lowest BCUT2D eigenvalue weighted by Gasteiger charge is -2.32. The number of benzene rings is 3. The Hall–Kier alpha value is -4.82. The van der Waals surface area contributed by atoms with Crippen LogP contribution >= 0.6 is 8.53 Å². The van der Waals surface area contributed by atoms with Crippen LogP contribution in [0.15, 0.2) is 97.3 Å². The van der Waals surface area contributed by atoms with Crippen molar-refractivity contribution in [1.82, 2.24) is 24.2 Å². The van der Waals surface area contributed by atoms with E-state index in [1.807, 2.05) is 18.2 Å². The zero-order valence-electron chi connectivity index (χ0n) is 31.9. The van der Waals surface area contributed by atoms with E-state index in [-0.39, 0.29) is 56.8 Å². The molecule has 0 radical (unpaired) electrons. The number of carbonyl (C=O) groups is 1. The van der Waals surface area contributed by atoms with Crippen LogP contribution in [-0.2, 0) is 23.3 Å². The molecule has 4 fully saturated rings. The van der Waals surface area contributed by atoms with Gasteiger partial charge in [0, 0.05) is 12.6 Å². The van der Waals surface area contributed by atoms with Crippen molar-refractivity contribution >= 4 is 50.0 Å². The van der Waals surface area contributed by atoms with Crippen molar-refractivity contribution in [2.24, 2.45) is 0 Å². The molecule has 5 aromatic rings. The first-order valence-electron chi connectivity index (χ1n) is 19.5. The highest BCUT2D eigenvalue weighted by Gasteiger charge is 2.65. The first-order chi connectivity index (χ1) is 28.4. The third kappa shape index (κ3) is 7.26. The average Bonchev–Trinajstić information content (AvgIpc) is 4.10. The molecule has 1 amide bonds. The van der Waals surface area contributed by atoms with Gasteiger partial charge in [-0.3, -0.25) is 14.7 Å². The van der Waals surface area contributed by atoms with Crippen LogP contribution in [0.25, 0.3) is 11.2 Å². The molecule has 3 aromatic carbocycles. The minimum Gasteiger partial charge on any atom is -0.484 e. The molecule has 4 aliphatic rings. The Bertz CT molecular complexity index is 2230. The number of nitrogens with zero attached hydrogens (tertiary/aromatic N) is 6. The number of hydrogen-bond donors (Lipinski definition) is 2. The number of rotatable bonds is 15. The molecule has 9 rings (SSSR count). The van der Waals surface area contributed by atoms with Gasteiger partial charge in [0.2, 0.25) is 11.8 Å². The summed E-state index contributed by atoms with van der Waals surface area (Å²) in [6.45, 7) is 2.85. The van der Waals surface area contributed by atoms with Gasteiger partial charge in [-0.25, -0.2) is 9.65 Å². The molecule has 300 valence electrons. The van der Waals surface area contributed by atoms with Crippen molar-refractivity contribution in [1.29, 1.82) is 5.26 Å². The second-order valence-corrected chi connectivity index (χ2v) is 20.8. The summed E-state index contributed by atoms with van der Waals surface area (Å²) >= 11 is 0. The SMILES string of the molecule is C[Si](C[C@@H]1O[P@@](OC2[C@@H]3OC[C@@]2(CO)O[C@H]3n2cnc3c(OCCC#N)nc(NC(=O)COc4ccccc4)nc32)N2CCC[C@H]12)(c1ccccc1)c1ccccc1. The van der Waals surface area contributed by atoms with Crippen molar-refractivity contribution in [3.05, 3.63) is 97.3 Å². The number of ether oxygens (including phenoxy) is 4. The third-order valence-electron chi connectivity index (χ3n) is 11.5. The van der Waals surface area contributed by atoms with E-state index in [4.69, 9.17) is 33.3 Å². The summed E-state index contributed by atoms with van der Waals surface area (Å²) in [7, 11) is -3.74. The van der Waals surface area contributed by atoms with Gasteiger partial charge in [0.25, 0.3) is 14.4 Å². The van der Waals surface area contributed by atoms with Crippen LogP contribution in [0.1, 0.15) is 25.5 Å². The van der Waals surface area contributed by atoms with Crippen molar-refractivity contribution in [3.8, 4) is 17.7 Å². The fourth-order valence-corrected chi connectivity index (χ4v) is 14.5. The molecular formula is C41H44N7O8PSi. The van der Waals surface area contributed by atoms with E-state index in [0.717, 1.165) is 25.4 Å². The monoisotopic (exact) mass is 821 g/mol. The van der Waals surface area contributed by atoms with E-state index in [1.165, 1.54) is 10.4 Å². The molecule has 1 unspecified atom stereocenters. The number of fused-ring (bicyclic) bond motifs is 4. The second kappa shape index (κ2) is 16.4. The number of aromatic nitrogens is 4. The van der Waals surface area contributed by atoms with E-state index < -0.39 is 46.5 Å². The fraction of sp³-hybridized carbons (Fsp3) is 0.390. The van der Waals surface area contributed by atoms with Gasteiger partial charge in [0.15, 0.2) is 24.0 Å². The number of hydrogen-bond acceptors (Lipinski definition) is 13. The van der Waals surface area contributed by atoms with Crippen molar-refractivity contribution in [2.75, 3.05) is 38.3 Å². The largest absolute Gasteiger partial charge is 0.484 e. The molecule has 17 heteroatoms. The highest BCUT2D eigenvalue weighted by atomic mass is 31.2. The lowest BCUT2D eigenvalue weighted by Crippen LogP contribution is -2.58. The molecule has 2 N–H and O–H groups in total. The van der Waals surface area contributed by atoms with Gasteiger partial charge in [0.1, 0.15) is 38.2 Å². The quantitative estimate of drug-likeness (QED) is 0.0876. The maximum Gasteiger partial charge on any atom is 0.264 e. The number of aliphatic hydroxyl groups is 1. The number of anilines is 1. The molecule has 0 aliphatic carbocycles. The van der Waals surface area contributed by atoms with Gasteiger partial charge >= 0.3 is 0 Å². The van der Waals surface area contributed by atoms with Crippen molar-refractivity contribution < 1.29 is 37.9 Å². The molecule has 4 aliphatic heterocycles. The van der Waals surface area contributed by atoms with Crippen LogP contribution in [0.2, 0.25) is 12.6 Å². The number of nitrogens with one attached hydrogen (secondary N) is 1. The third-order valence-corrected chi connectivity index (χ3v) is 17.7. The zero-order valence-corrected chi connectivity index (χ0v) is 33.8. The Morgan fingerprint density at radius 1 is 1.05 bits per heavy atom. The zero-order chi connectivity index (χ0) is 39.7. The Kier molecular flexibility index (Phi) is 11.0. The lowest BCUT2D eigenvalue weighted by molar-refractivity contribution is -0.184. The van der Waals surface area contributed by atoms with Gasteiger partial charge in [-0.2, -0.15) is 15.2 Å². The number of imidazole rings is 1. The van der Waals surface area contributed by atoms with Crippen molar-refractivity contribution in [2.45, 2.75) is 68.0 Å². The normalized spacial score (nSPS) is 26.4. The molecule has 2 aromatic heterocycles. The number of carbonyl (C=O) groups excluding carboxylic acids is 1. The molecule has 0 spiro atoms. The van der Waals surface area contributed by atoms with Crippen LogP contribution in [0.4, 0.5) is 5.95 Å². The number of para-hydroxylation sites is 1. The van der Waals surface area contributed by atoms with Crippen LogP contribution in [0.5, 0.6) is 11.6 Å². The first kappa shape index (κ1) is 38.7. The summed E-state index contributed by atoms with van der Waals surface area (Å²) < 4.78 is 42.5. The van der Waals surface area contributed by atoms with Crippen LogP contribution in [0.3, 0.4) is 0 Å². The van der Waals surface area contributed by atoms with Crippen LogP contribution in [0, 0.1) is 11.3 Å². The van der Waals surface area contributed by atoms with Crippen LogP contribution in [-0.4, -0.2) is 106 Å². The second-order valence-electron chi connectivity index (χ2n) is 15.1. The van der Waals surface area contributed by atoms with Gasteiger partial charge in [-0.1, -0.05) is 95.8 Å². The number of aliphatic hydroxyl groups excluding tert-OH is 1. The maximum absolute atomic E-state index is 13.0. The van der Waals surface area contributed by atoms with Crippen molar-refractivity contribution in [3.63, 3.8) is 0 Å². The highest BCUT2D eigenvalue weighted by Crippen LogP contribution is 2.61. The standard InChI is InChI=1S/C41H44N7O8PSi/c1-58(29-15-7-3-8-16-29,30-17-9-4-10-18-30)24-32-31-19-11-21-48(31)57(55-32)56-36-35-39(54-41(36,25-49)26-53-35)47-27-43-34-37(47)45-40(46-38(34)51-22-12-20-42)44-33(50)23-52-28-13-5-2-6-14-28/h2-10,13-18,27,31-32,35-36,39,49H,11-12,19,21-26H2,1H3,(H,44,45,46,50)/t31-,32+,35+,36?,39-,41-,57+/m1/s1. The minimum absolute atomic E-state index is 0.0343. The smallest absolute Gasteiger partial charge is 0.264 e. The Morgan fingerprint density at radius 2 is 1.78 bits per heavy atom. The number of amides is 1. The van der Waals surface area contributed by atoms with Gasteiger partial charge in [-0.05, 0) is 31.0 Å². The molecule has 0 saturated carbocycles. The van der Waals surface area contributed by atoms with Crippen LogP contribution < -0.4 is 25.2 Å². The van der Waals surface area contributed by atoms with Gasteiger partial charge < -0.3 is 33.1 Å². The topological polar surface area (TPSA) is 175 Å². The predicted octanol–water partition coefficient (Wildman–Crippen LogP) is 4.16. The van der Waals surface area contributed by atoms with E-state index >= 15 is 0 Å². The van der Waals surface area contributed by atoms with E-state index in [1.54, 1.807) is 23.0 Å². The fourth-order valence-electron chi connectivity index (χ4n) is 8.52. The Morgan fingerprint density at radius 3 is 2.48 bits per heavy atom. The summed E-state index contributed by atoms with van der Waals surface area (Å²) in [4.78, 5) is 26.6. The predicted molar refractivity (Wildman–Crippen MR) is 216 cm³/mol. The molecule has 6 heterocycles. The molecule has 2 bridgehead atoms. The molecule has 4 saturated heterocycles. The minimum atomic E-state index is -2.23. The van der Waals surface area contributed by atoms with E-state index in [9.17, 15) is 9.90 Å². The average molecular weight is 822 g/mol. The summed E-state index contributed by atoms with van der Waals surface area (Å²) in [5.41, 5.74) is -0.579. The Labute approximate surface area is 337 Å². The molecule has 58 heavy (non-hydrogen) atoms. The van der Waals surface area contributed by atoms with E-state index in [2.05, 4.69) is 98.2 Å². The van der Waals surface area contributed by atoms with Gasteiger partial charge in [0.05, 0.1) is 38.1 Å². The summed E-state index contributed by atoms with van der Waals surface area (Å²) in [5.74, 6) is 0.0857. The van der Waals surface area contributed by atoms with Gasteiger partial charge in [-0.15, -0.1) is 0 Å². The van der Waals surface area contributed by atoms with E-state index in [0.29, 0.717) is 16.9 Å². The highest BCUT2D eigenvalue weighted by molar-refractivity contribution is 7.45. The molecular weight excluding hydrogens is 778 g/mol. The first-order valence-corrected chi connectivity index (χ1v) is 23.4.